The summed E-state index contributed by atoms with van der Waals surface area (Å²) in [7, 11) is 0. The molecule has 0 saturated heterocycles. The van der Waals surface area contributed by atoms with Crippen molar-refractivity contribution in [2.45, 2.75) is 117 Å². The van der Waals surface area contributed by atoms with Crippen LogP contribution in [0.3, 0.4) is 0 Å². The van der Waals surface area contributed by atoms with Crippen molar-refractivity contribution < 1.29 is 24.2 Å². The summed E-state index contributed by atoms with van der Waals surface area (Å²) in [4.78, 5) is 25.1. The van der Waals surface area contributed by atoms with E-state index >= 15 is 0 Å². The van der Waals surface area contributed by atoms with E-state index in [0.717, 1.165) is 38.9 Å². The van der Waals surface area contributed by atoms with Gasteiger partial charge in [0.05, 0.1) is 6.61 Å². The van der Waals surface area contributed by atoms with Crippen LogP contribution in [0.25, 0.3) is 0 Å². The van der Waals surface area contributed by atoms with Gasteiger partial charge in [0.15, 0.2) is 0 Å². The van der Waals surface area contributed by atoms with Gasteiger partial charge >= 0.3 is 12.1 Å². The lowest BCUT2D eigenvalue weighted by atomic mass is 10.0. The average Bonchev–Trinajstić information content (AvgIpc) is 2.73. The van der Waals surface area contributed by atoms with Crippen LogP contribution in [0, 0.1) is 0 Å². The highest BCUT2D eigenvalue weighted by Gasteiger charge is 2.17. The average molecular weight is 430 g/mol. The fourth-order valence-electron chi connectivity index (χ4n) is 3.56. The second kappa shape index (κ2) is 21.0. The van der Waals surface area contributed by atoms with Crippen LogP contribution in [-0.2, 0) is 14.3 Å². The number of rotatable bonds is 21. The summed E-state index contributed by atoms with van der Waals surface area (Å²) in [6.07, 6.45) is 13.2. The van der Waals surface area contributed by atoms with Crippen LogP contribution in [0.2, 0.25) is 0 Å². The summed E-state index contributed by atoms with van der Waals surface area (Å²) in [5, 5.41) is 8.94. The monoisotopic (exact) mass is 429 g/mol. The van der Waals surface area contributed by atoms with Crippen LogP contribution in [0.5, 0.6) is 0 Å². The van der Waals surface area contributed by atoms with Gasteiger partial charge in [0.1, 0.15) is 6.10 Å². The first-order chi connectivity index (χ1) is 14.5. The predicted octanol–water partition coefficient (Wildman–Crippen LogP) is 6.42. The number of unbranched alkanes of at least 4 members (excludes halogenated alkanes) is 9. The fraction of sp³-hybridized carbons (Fsp3) is 0.917. The van der Waals surface area contributed by atoms with E-state index in [-0.39, 0.29) is 12.5 Å². The van der Waals surface area contributed by atoms with Gasteiger partial charge < -0.3 is 19.5 Å². The molecule has 6 heteroatoms. The summed E-state index contributed by atoms with van der Waals surface area (Å²) in [6.45, 7) is 9.65. The molecule has 0 spiro atoms. The third-order valence-electron chi connectivity index (χ3n) is 5.56. The SMILES string of the molecule is CCCCCCCCCCCC[C@H](CCC(=O)O)OC(=O)OCCCN(CC)CC. The summed E-state index contributed by atoms with van der Waals surface area (Å²) in [6, 6.07) is 0. The van der Waals surface area contributed by atoms with Crippen LogP contribution in [0.1, 0.15) is 111 Å². The van der Waals surface area contributed by atoms with Gasteiger partial charge in [-0.25, -0.2) is 4.79 Å². The summed E-state index contributed by atoms with van der Waals surface area (Å²) in [5.41, 5.74) is 0. The van der Waals surface area contributed by atoms with Crippen molar-refractivity contribution in [2.75, 3.05) is 26.2 Å². The van der Waals surface area contributed by atoms with Gasteiger partial charge in [0.25, 0.3) is 0 Å². The van der Waals surface area contributed by atoms with Crippen LogP contribution in [-0.4, -0.2) is 54.5 Å². The zero-order chi connectivity index (χ0) is 22.5. The number of nitrogens with zero attached hydrogens (tertiary/aromatic N) is 1. The number of carbonyl (C=O) groups excluding carboxylic acids is 1. The first-order valence-corrected chi connectivity index (χ1v) is 12.3. The van der Waals surface area contributed by atoms with E-state index in [1.54, 1.807) is 0 Å². The quantitative estimate of drug-likeness (QED) is 0.168. The Hall–Kier alpha value is -1.30. The van der Waals surface area contributed by atoms with Gasteiger partial charge in [-0.3, -0.25) is 4.79 Å². The fourth-order valence-corrected chi connectivity index (χ4v) is 3.56. The summed E-state index contributed by atoms with van der Waals surface area (Å²) < 4.78 is 10.6. The molecule has 0 fully saturated rings. The first kappa shape index (κ1) is 28.7. The second-order valence-electron chi connectivity index (χ2n) is 8.12. The molecule has 0 rings (SSSR count). The number of ether oxygens (including phenoxy) is 2. The highest BCUT2D eigenvalue weighted by atomic mass is 16.7. The number of hydrogen-bond donors (Lipinski definition) is 1. The van der Waals surface area contributed by atoms with Crippen LogP contribution in [0.4, 0.5) is 4.79 Å². The molecular formula is C24H47NO5. The molecular weight excluding hydrogens is 382 g/mol. The standard InChI is InChI=1S/C24H47NO5/c1-4-7-8-9-10-11-12-13-14-15-17-22(18-19-23(26)27)30-24(28)29-21-16-20-25(5-2)6-3/h22H,4-21H2,1-3H3,(H,26,27)/t22-/m1/s1. The topological polar surface area (TPSA) is 76.1 Å². The minimum atomic E-state index is -0.862. The third kappa shape index (κ3) is 18.7. The molecule has 0 aliphatic carbocycles. The predicted molar refractivity (Wildman–Crippen MR) is 122 cm³/mol. The zero-order valence-electron chi connectivity index (χ0n) is 19.8. The van der Waals surface area contributed by atoms with Crippen LogP contribution >= 0.6 is 0 Å². The number of carboxylic acids is 1. The molecule has 6 nitrogen and oxygen atoms in total. The van der Waals surface area contributed by atoms with Gasteiger partial charge in [-0.1, -0.05) is 78.6 Å². The Balaban J connectivity index is 3.96. The molecule has 0 heterocycles. The Morgan fingerprint density at radius 3 is 1.90 bits per heavy atom. The molecule has 0 aromatic rings. The van der Waals surface area contributed by atoms with Crippen molar-refractivity contribution in [1.29, 1.82) is 0 Å². The van der Waals surface area contributed by atoms with Crippen LogP contribution in [0.15, 0.2) is 0 Å². The van der Waals surface area contributed by atoms with E-state index in [2.05, 4.69) is 25.7 Å². The molecule has 0 aromatic carbocycles. The Bertz CT molecular complexity index is 412. The molecule has 0 radical (unpaired) electrons. The maximum atomic E-state index is 12.0. The van der Waals surface area contributed by atoms with E-state index < -0.39 is 12.1 Å². The molecule has 0 amide bonds. The molecule has 1 atom stereocenters. The van der Waals surface area contributed by atoms with Gasteiger partial charge in [-0.2, -0.15) is 0 Å². The van der Waals surface area contributed by atoms with Gasteiger partial charge in [-0.05, 0) is 38.8 Å². The maximum Gasteiger partial charge on any atom is 0.508 e. The van der Waals surface area contributed by atoms with Gasteiger partial charge in [0.2, 0.25) is 0 Å². The van der Waals surface area contributed by atoms with E-state index in [9.17, 15) is 9.59 Å². The summed E-state index contributed by atoms with van der Waals surface area (Å²) >= 11 is 0. The number of carboxylic acid groups (broad SMARTS) is 1. The second-order valence-corrected chi connectivity index (χ2v) is 8.12. The van der Waals surface area contributed by atoms with Crippen molar-refractivity contribution in [3.05, 3.63) is 0 Å². The molecule has 0 aliphatic rings. The van der Waals surface area contributed by atoms with Crippen LogP contribution < -0.4 is 0 Å². The zero-order valence-corrected chi connectivity index (χ0v) is 19.8. The Morgan fingerprint density at radius 2 is 1.37 bits per heavy atom. The Kier molecular flexibility index (Phi) is 20.0. The lowest BCUT2D eigenvalue weighted by Gasteiger charge is -2.19. The van der Waals surface area contributed by atoms with E-state index in [0.29, 0.717) is 19.4 Å². The largest absolute Gasteiger partial charge is 0.508 e. The number of aliphatic carboxylic acids is 1. The minimum Gasteiger partial charge on any atom is -0.481 e. The van der Waals surface area contributed by atoms with Crippen molar-refractivity contribution >= 4 is 12.1 Å². The molecule has 0 bridgehead atoms. The Morgan fingerprint density at radius 1 is 0.800 bits per heavy atom. The molecule has 178 valence electrons. The number of carbonyl (C=O) groups is 2. The molecule has 30 heavy (non-hydrogen) atoms. The molecule has 1 N–H and O–H groups in total. The smallest absolute Gasteiger partial charge is 0.481 e. The van der Waals surface area contributed by atoms with Gasteiger partial charge in [0, 0.05) is 13.0 Å². The highest BCUT2D eigenvalue weighted by Crippen LogP contribution is 2.16. The minimum absolute atomic E-state index is 0.0116. The third-order valence-corrected chi connectivity index (χ3v) is 5.56. The van der Waals surface area contributed by atoms with E-state index in [4.69, 9.17) is 14.6 Å². The maximum absolute atomic E-state index is 12.0. The molecule has 0 aromatic heterocycles. The lowest BCUT2D eigenvalue weighted by Crippen LogP contribution is -2.26. The van der Waals surface area contributed by atoms with Crippen molar-refractivity contribution in [3.63, 3.8) is 0 Å². The van der Waals surface area contributed by atoms with E-state index in [1.807, 2.05) is 0 Å². The molecule has 0 aliphatic heterocycles. The Labute approximate surface area is 184 Å². The highest BCUT2D eigenvalue weighted by molar-refractivity contribution is 5.66. The number of hydrogen-bond acceptors (Lipinski definition) is 5. The van der Waals surface area contributed by atoms with Gasteiger partial charge in [-0.15, -0.1) is 0 Å². The summed E-state index contributed by atoms with van der Waals surface area (Å²) in [5.74, 6) is -0.862. The normalized spacial score (nSPS) is 12.1. The lowest BCUT2D eigenvalue weighted by molar-refractivity contribution is -0.137. The molecule has 0 saturated carbocycles. The van der Waals surface area contributed by atoms with Crippen molar-refractivity contribution in [1.82, 2.24) is 4.90 Å². The van der Waals surface area contributed by atoms with Crippen molar-refractivity contribution in [2.24, 2.45) is 0 Å². The van der Waals surface area contributed by atoms with Crippen molar-refractivity contribution in [3.8, 4) is 0 Å². The first-order valence-electron chi connectivity index (χ1n) is 12.3. The molecule has 0 unspecified atom stereocenters. The van der Waals surface area contributed by atoms with E-state index in [1.165, 1.54) is 51.4 Å².